The molecule has 2 saturated heterocycles. The zero-order valence-corrected chi connectivity index (χ0v) is 58.8. The normalized spacial score (nSPS) is 27.8. The fraction of sp³-hybridized carbons (Fsp3) is 0.361. The molecule has 11 bridgehead atoms. The van der Waals surface area contributed by atoms with Crippen LogP contribution in [-0.4, -0.2) is 191 Å². The van der Waals surface area contributed by atoms with E-state index in [-0.39, 0.29) is 40.4 Å². The number of nitrogens with one attached hydrogen (secondary N) is 7. The van der Waals surface area contributed by atoms with E-state index in [1.54, 1.807) is 32.1 Å². The van der Waals surface area contributed by atoms with E-state index in [0.29, 0.717) is 18.8 Å². The Morgan fingerprint density at radius 1 is 0.722 bits per heavy atom. The summed E-state index contributed by atoms with van der Waals surface area (Å²) < 4.78 is 45.0. The number of carboxylic acid groups (broad SMARTS) is 1. The molecule has 7 heterocycles. The number of carbonyl (C=O) groups is 8. The molecule has 17 atom stereocenters. The summed E-state index contributed by atoms with van der Waals surface area (Å²) in [6, 6.07) is 7.87. The molecule has 7 aliphatic heterocycles. The second-order valence-corrected chi connectivity index (χ2v) is 27.2. The van der Waals surface area contributed by atoms with Gasteiger partial charge in [0.05, 0.1) is 41.9 Å². The molecule has 0 spiro atoms. The number of aliphatic carboxylic acids is 1. The van der Waals surface area contributed by atoms with E-state index in [0.717, 1.165) is 72.3 Å². The van der Waals surface area contributed by atoms with Gasteiger partial charge in [-0.3, -0.25) is 38.4 Å². The van der Waals surface area contributed by atoms with Crippen LogP contribution in [0.2, 0.25) is 10.0 Å². The Bertz CT molecular complexity index is 4500. The molecule has 0 saturated carbocycles. The van der Waals surface area contributed by atoms with Gasteiger partial charge in [0.2, 0.25) is 53.4 Å². The quantitative estimate of drug-likeness (QED) is 0.0451. The zero-order chi connectivity index (χ0) is 77.9. The standard InChI is InChI=1S/C72H77Cl2N9O25/c1-4-5-15-102-36-8-6-7-30(16-36)26-78-72(3)25-51(103-29(2)64(72)95)107-63-61(94)60(93)48(28-84)106-71(63)108-62-46-20-34-21-47(62)105-45-14-11-33(19-40(45)74)59(92)57-70(101)82-56(67(98)77-27-50(89)90)38-22-35(85)23-43(87)52(38)37-17-31(9-12-42(37)86)54(68(99)83-57)81-69(100)55(34)80-65(96)41(24-49(75)88)79-66(97)53(76)58(91)32-10-13-44(104-46)39(73)18-32/h4,6-14,16-23,29,41,48,51,53-61,63-64,71,78,84-87,91-95H,1,5,15,24-28,76H2,2-3H3,(H2,75,88)(H,77,98)(H,79,97)(H,80,96)(H,81,100)(H,82,101)(H,83,99)(H,89,90)/t29-,41-,48+,51-,53+,54+,55+,56-,57-,58+,59+,60+,61-,63+,64+,71-,72-/m0/s1. The highest BCUT2D eigenvalue weighted by molar-refractivity contribution is 6.32. The third-order valence-corrected chi connectivity index (χ3v) is 19.3. The highest BCUT2D eigenvalue weighted by Crippen LogP contribution is 2.50. The molecule has 13 rings (SSSR count). The number of amides is 7. The van der Waals surface area contributed by atoms with Crippen molar-refractivity contribution in [1.29, 1.82) is 0 Å². The van der Waals surface area contributed by atoms with E-state index in [1.165, 1.54) is 12.1 Å². The molecule has 0 aliphatic carbocycles. The first-order chi connectivity index (χ1) is 51.3. The van der Waals surface area contributed by atoms with E-state index in [9.17, 15) is 70.2 Å². The number of phenols is 3. The summed E-state index contributed by atoms with van der Waals surface area (Å²) in [6.45, 7) is 5.51. The Kier molecular flexibility index (Phi) is 24.0. The Morgan fingerprint density at radius 2 is 1.37 bits per heavy atom. The van der Waals surface area contributed by atoms with Gasteiger partial charge >= 0.3 is 5.97 Å². The molecule has 108 heavy (non-hydrogen) atoms. The van der Waals surface area contributed by atoms with Gasteiger partial charge < -0.3 is 133 Å². The molecule has 7 amide bonds. The van der Waals surface area contributed by atoms with E-state index in [1.807, 2.05) is 12.1 Å². The van der Waals surface area contributed by atoms with Crippen molar-refractivity contribution in [2.45, 2.75) is 143 Å². The minimum Gasteiger partial charge on any atom is -0.508 e. The van der Waals surface area contributed by atoms with Crippen LogP contribution in [0, 0.1) is 0 Å². The smallest absolute Gasteiger partial charge is 0.322 e. The lowest BCUT2D eigenvalue weighted by Gasteiger charge is -2.48. The van der Waals surface area contributed by atoms with E-state index in [2.05, 4.69) is 43.8 Å². The molecule has 34 nitrogen and oxygen atoms in total. The zero-order valence-electron chi connectivity index (χ0n) is 57.3. The maximum atomic E-state index is 16.0. The van der Waals surface area contributed by atoms with Gasteiger partial charge in [-0.05, 0) is 120 Å². The molecule has 6 aromatic rings. The average Bonchev–Trinajstić information content (AvgIpc) is 0.768. The third-order valence-electron chi connectivity index (χ3n) is 18.7. The molecular formula is C72H77Cl2N9O25. The van der Waals surface area contributed by atoms with Crippen LogP contribution in [0.1, 0.15) is 96.8 Å². The van der Waals surface area contributed by atoms with Crippen molar-refractivity contribution in [3.8, 4) is 62.9 Å². The maximum Gasteiger partial charge on any atom is 0.322 e. The Balaban J connectivity index is 1.10. The number of aromatic hydroxyl groups is 3. The van der Waals surface area contributed by atoms with Crippen molar-refractivity contribution in [3.05, 3.63) is 159 Å². The van der Waals surface area contributed by atoms with Crippen LogP contribution in [0.25, 0.3) is 11.1 Å². The molecule has 7 aliphatic rings. The van der Waals surface area contributed by atoms with Gasteiger partial charge in [-0.2, -0.15) is 0 Å². The van der Waals surface area contributed by atoms with Crippen LogP contribution >= 0.6 is 23.2 Å². The summed E-state index contributed by atoms with van der Waals surface area (Å²) in [5, 5.41) is 131. The number of fused-ring (bicyclic) bond motifs is 15. The van der Waals surface area contributed by atoms with Crippen molar-refractivity contribution in [2.75, 3.05) is 19.8 Å². The lowest BCUT2D eigenvalue weighted by molar-refractivity contribution is -0.334. The number of carbonyl (C=O) groups excluding carboxylic acids is 7. The Morgan fingerprint density at radius 3 is 2.02 bits per heavy atom. The van der Waals surface area contributed by atoms with E-state index in [4.69, 9.17) is 67.8 Å². The number of aliphatic hydroxyl groups is 6. The predicted octanol–water partition coefficient (Wildman–Crippen LogP) is 1.22. The lowest BCUT2D eigenvalue weighted by atomic mass is 9.84. The number of phenolic OH excluding ortho intramolecular Hbond substituents is 3. The van der Waals surface area contributed by atoms with Crippen molar-refractivity contribution >= 4 is 70.5 Å². The topological polar surface area (TPSA) is 540 Å². The van der Waals surface area contributed by atoms with E-state index < -0.39 is 238 Å². The number of hydrogen-bond acceptors (Lipinski definition) is 26. The average molecular weight is 1540 g/mol. The van der Waals surface area contributed by atoms with Crippen LogP contribution in [0.5, 0.6) is 51.7 Å². The van der Waals surface area contributed by atoms with Crippen LogP contribution in [0.4, 0.5) is 0 Å². The Labute approximate surface area is 623 Å². The molecular weight excluding hydrogens is 1460 g/mol. The van der Waals surface area contributed by atoms with Crippen molar-refractivity contribution < 1.29 is 123 Å². The van der Waals surface area contributed by atoms with Crippen molar-refractivity contribution in [3.63, 3.8) is 0 Å². The fourth-order valence-corrected chi connectivity index (χ4v) is 13.5. The van der Waals surface area contributed by atoms with Gasteiger partial charge in [0.1, 0.15) is 108 Å². The number of hydrogen-bond donors (Lipinski definition) is 19. The molecule has 36 heteroatoms. The summed E-state index contributed by atoms with van der Waals surface area (Å²) in [7, 11) is 0. The number of aliphatic hydroxyl groups excluding tert-OH is 6. The summed E-state index contributed by atoms with van der Waals surface area (Å²) in [6.07, 6.45) is -16.3. The first-order valence-electron chi connectivity index (χ1n) is 33.6. The molecule has 0 aromatic heterocycles. The minimum atomic E-state index is -2.33. The highest BCUT2D eigenvalue weighted by atomic mass is 35.5. The van der Waals surface area contributed by atoms with Crippen LogP contribution in [0.15, 0.2) is 116 Å². The van der Waals surface area contributed by atoms with Gasteiger partial charge in [0.15, 0.2) is 23.9 Å². The second kappa shape index (κ2) is 33.0. The summed E-state index contributed by atoms with van der Waals surface area (Å²) in [5.74, 6) is -15.4. The van der Waals surface area contributed by atoms with Gasteiger partial charge in [-0.25, -0.2) is 0 Å². The number of primary amides is 1. The predicted molar refractivity (Wildman–Crippen MR) is 375 cm³/mol. The van der Waals surface area contributed by atoms with Crippen LogP contribution < -0.4 is 67.6 Å². The third kappa shape index (κ3) is 17.1. The minimum absolute atomic E-state index is 0.108. The number of rotatable bonds is 17. The lowest BCUT2D eigenvalue weighted by Crippen LogP contribution is -2.65. The first kappa shape index (κ1) is 78.6. The Hall–Kier alpha value is -10.4. The van der Waals surface area contributed by atoms with Crippen molar-refractivity contribution in [1.82, 2.24) is 37.2 Å². The number of nitrogens with two attached hydrogens (primary N) is 2. The van der Waals surface area contributed by atoms with Gasteiger partial charge in [0, 0.05) is 35.7 Å². The fourth-order valence-electron chi connectivity index (χ4n) is 13.0. The second-order valence-electron chi connectivity index (χ2n) is 26.4. The monoisotopic (exact) mass is 1540 g/mol. The van der Waals surface area contributed by atoms with Gasteiger partial charge in [-0.15, -0.1) is 6.58 Å². The number of benzene rings is 6. The summed E-state index contributed by atoms with van der Waals surface area (Å²) in [5.41, 5.74) is 8.72. The van der Waals surface area contributed by atoms with Gasteiger partial charge in [-0.1, -0.05) is 59.6 Å². The molecule has 21 N–H and O–H groups in total. The van der Waals surface area contributed by atoms with Crippen LogP contribution in [0.3, 0.4) is 0 Å². The SMILES string of the molecule is C=CCCOc1cccc(CN[C@@]2(C)C[C@H](O[C@H]3[C@H](Oc4c5cc6cc4Oc4ccc(cc4Cl)[C@@H](O)[C@@H](N)C(=O)N[C@@H](CC(N)=O)C(=O)N[C@H]6C(=O)N[C@H]4C(=O)N[C@H](C(=O)N[C@H](C(=O)NCC(=O)O)c6cc(O)cc(O)c6-c6cc4ccc6O)[C@H](O)c4ccc(c(Cl)c4)O5)O[C@H](CO)[C@@H](O)[C@@H]3O)O[C@@H](C)[C@H]2O)c1. The van der Waals surface area contributed by atoms with Crippen LogP contribution in [-0.2, 0) is 59.1 Å². The molecule has 574 valence electrons. The highest BCUT2D eigenvalue weighted by Gasteiger charge is 2.52. The summed E-state index contributed by atoms with van der Waals surface area (Å²) in [4.78, 5) is 115. The molecule has 2 fully saturated rings. The number of ether oxygens (including phenoxy) is 7. The van der Waals surface area contributed by atoms with Gasteiger partial charge in [0.25, 0.3) is 0 Å². The molecule has 0 radical (unpaired) electrons. The first-order valence-corrected chi connectivity index (χ1v) is 34.4. The number of carboxylic acids is 1. The van der Waals surface area contributed by atoms with E-state index >= 15 is 19.2 Å². The largest absolute Gasteiger partial charge is 0.508 e. The van der Waals surface area contributed by atoms with Crippen molar-refractivity contribution in [2.24, 2.45) is 11.5 Å². The molecule has 0 unspecified atom stereocenters. The maximum absolute atomic E-state index is 16.0. The number of halogens is 2. The summed E-state index contributed by atoms with van der Waals surface area (Å²) >= 11 is 14.1. The molecule has 6 aromatic carbocycles.